The van der Waals surface area contributed by atoms with Crippen LogP contribution in [-0.4, -0.2) is 11.9 Å². The molecular weight excluding hydrogens is 244 g/mol. The lowest BCUT2D eigenvalue weighted by molar-refractivity contribution is 0.524. The molecule has 1 aromatic carbocycles. The number of hydrogen-bond donors (Lipinski definition) is 1. The molecule has 1 aromatic rings. The molecule has 96 valence electrons. The molecule has 0 aromatic heterocycles. The van der Waals surface area contributed by atoms with Crippen LogP contribution in [0.1, 0.15) is 25.8 Å². The SMILES string of the molecule is CC(C)CC(Cl)CNCc1cc(F)ccc1F. The van der Waals surface area contributed by atoms with Gasteiger partial charge in [0.25, 0.3) is 0 Å². The van der Waals surface area contributed by atoms with Crippen molar-refractivity contribution in [1.29, 1.82) is 0 Å². The summed E-state index contributed by atoms with van der Waals surface area (Å²) in [5.74, 6) is -0.285. The first-order chi connectivity index (χ1) is 7.99. The molecule has 0 fully saturated rings. The van der Waals surface area contributed by atoms with Crippen molar-refractivity contribution in [2.75, 3.05) is 6.54 Å². The highest BCUT2D eigenvalue weighted by Gasteiger charge is 2.08. The summed E-state index contributed by atoms with van der Waals surface area (Å²) in [6.07, 6.45) is 0.903. The molecule has 1 nitrogen and oxygen atoms in total. The zero-order valence-electron chi connectivity index (χ0n) is 10.1. The van der Waals surface area contributed by atoms with Gasteiger partial charge in [0.05, 0.1) is 0 Å². The quantitative estimate of drug-likeness (QED) is 0.770. The van der Waals surface area contributed by atoms with Crippen molar-refractivity contribution in [2.24, 2.45) is 5.92 Å². The van der Waals surface area contributed by atoms with E-state index in [1.54, 1.807) is 0 Å². The van der Waals surface area contributed by atoms with Gasteiger partial charge in [0.2, 0.25) is 0 Å². The molecule has 1 N–H and O–H groups in total. The average Bonchev–Trinajstić information content (AvgIpc) is 2.22. The zero-order chi connectivity index (χ0) is 12.8. The van der Waals surface area contributed by atoms with E-state index in [0.717, 1.165) is 18.6 Å². The molecule has 1 unspecified atom stereocenters. The second-order valence-electron chi connectivity index (χ2n) is 4.59. The van der Waals surface area contributed by atoms with Crippen LogP contribution in [0.5, 0.6) is 0 Å². The van der Waals surface area contributed by atoms with Crippen LogP contribution >= 0.6 is 11.6 Å². The van der Waals surface area contributed by atoms with Gasteiger partial charge in [-0.15, -0.1) is 11.6 Å². The van der Waals surface area contributed by atoms with Crippen molar-refractivity contribution in [3.63, 3.8) is 0 Å². The van der Waals surface area contributed by atoms with E-state index >= 15 is 0 Å². The van der Waals surface area contributed by atoms with Crippen LogP contribution in [-0.2, 0) is 6.54 Å². The molecule has 0 saturated heterocycles. The predicted molar refractivity (Wildman–Crippen MR) is 67.2 cm³/mol. The molecule has 17 heavy (non-hydrogen) atoms. The normalized spacial score (nSPS) is 13.1. The van der Waals surface area contributed by atoms with Gasteiger partial charge in [0.15, 0.2) is 0 Å². The molecule has 1 atom stereocenters. The van der Waals surface area contributed by atoms with E-state index in [0.29, 0.717) is 24.6 Å². The Morgan fingerprint density at radius 2 is 2.00 bits per heavy atom. The molecule has 0 saturated carbocycles. The second kappa shape index (κ2) is 6.92. The minimum atomic E-state index is -0.423. The van der Waals surface area contributed by atoms with Gasteiger partial charge in [0, 0.05) is 24.0 Å². The minimum absolute atomic E-state index is 0.0200. The van der Waals surface area contributed by atoms with E-state index in [4.69, 9.17) is 11.6 Å². The van der Waals surface area contributed by atoms with E-state index in [9.17, 15) is 8.78 Å². The van der Waals surface area contributed by atoms with Gasteiger partial charge < -0.3 is 5.32 Å². The van der Waals surface area contributed by atoms with Crippen molar-refractivity contribution in [1.82, 2.24) is 5.32 Å². The summed E-state index contributed by atoms with van der Waals surface area (Å²) >= 11 is 6.08. The maximum Gasteiger partial charge on any atom is 0.127 e. The fourth-order valence-electron chi connectivity index (χ4n) is 1.64. The fraction of sp³-hybridized carbons (Fsp3) is 0.538. The molecule has 0 bridgehead atoms. The Morgan fingerprint density at radius 3 is 2.65 bits per heavy atom. The number of halogens is 3. The van der Waals surface area contributed by atoms with Crippen molar-refractivity contribution in [2.45, 2.75) is 32.2 Å². The number of alkyl halides is 1. The number of hydrogen-bond acceptors (Lipinski definition) is 1. The number of nitrogens with one attached hydrogen (secondary N) is 1. The topological polar surface area (TPSA) is 12.0 Å². The Bertz CT molecular complexity index is 355. The summed E-state index contributed by atoms with van der Waals surface area (Å²) in [4.78, 5) is 0. The molecule has 4 heteroatoms. The Morgan fingerprint density at radius 1 is 1.29 bits per heavy atom. The first-order valence-corrected chi connectivity index (χ1v) is 6.21. The van der Waals surface area contributed by atoms with E-state index < -0.39 is 11.6 Å². The predicted octanol–water partition coefficient (Wildman–Crippen LogP) is 3.71. The standard InChI is InChI=1S/C13H18ClF2N/c1-9(2)5-11(14)8-17-7-10-6-12(15)3-4-13(10)16/h3-4,6,9,11,17H,5,7-8H2,1-2H3. The van der Waals surface area contributed by atoms with Crippen molar-refractivity contribution >= 4 is 11.6 Å². The summed E-state index contributed by atoms with van der Waals surface area (Å²) in [5, 5.41) is 3.06. The van der Waals surface area contributed by atoms with Gasteiger partial charge >= 0.3 is 0 Å². The first-order valence-electron chi connectivity index (χ1n) is 5.77. The monoisotopic (exact) mass is 261 g/mol. The van der Waals surface area contributed by atoms with Gasteiger partial charge in [-0.25, -0.2) is 8.78 Å². The summed E-state index contributed by atoms with van der Waals surface area (Å²) < 4.78 is 26.1. The van der Waals surface area contributed by atoms with Crippen LogP contribution in [0.15, 0.2) is 18.2 Å². The van der Waals surface area contributed by atoms with Crippen molar-refractivity contribution < 1.29 is 8.78 Å². The summed E-state index contributed by atoms with van der Waals surface area (Å²) in [6, 6.07) is 3.45. The van der Waals surface area contributed by atoms with Gasteiger partial charge in [-0.05, 0) is 30.5 Å². The molecule has 0 aliphatic carbocycles. The van der Waals surface area contributed by atoms with Crippen LogP contribution < -0.4 is 5.32 Å². The molecule has 0 spiro atoms. The Hall–Kier alpha value is -0.670. The third-order valence-corrected chi connectivity index (χ3v) is 2.75. The highest BCUT2D eigenvalue weighted by Crippen LogP contribution is 2.11. The zero-order valence-corrected chi connectivity index (χ0v) is 10.9. The van der Waals surface area contributed by atoms with Gasteiger partial charge in [-0.1, -0.05) is 13.8 Å². The van der Waals surface area contributed by atoms with Gasteiger partial charge in [-0.2, -0.15) is 0 Å². The maximum atomic E-state index is 13.3. The van der Waals surface area contributed by atoms with Crippen LogP contribution in [0.25, 0.3) is 0 Å². The summed E-state index contributed by atoms with van der Waals surface area (Å²) in [6.45, 7) is 5.09. The lowest BCUT2D eigenvalue weighted by Gasteiger charge is -2.13. The molecule has 0 amide bonds. The largest absolute Gasteiger partial charge is 0.311 e. The molecule has 1 rings (SSSR count). The number of rotatable bonds is 6. The average molecular weight is 262 g/mol. The Balaban J connectivity index is 2.38. The molecular formula is C13H18ClF2N. The maximum absolute atomic E-state index is 13.3. The van der Waals surface area contributed by atoms with E-state index in [1.165, 1.54) is 6.07 Å². The van der Waals surface area contributed by atoms with Crippen molar-refractivity contribution in [3.8, 4) is 0 Å². The van der Waals surface area contributed by atoms with Crippen LogP contribution in [0, 0.1) is 17.6 Å². The lowest BCUT2D eigenvalue weighted by Crippen LogP contribution is -2.24. The van der Waals surface area contributed by atoms with Crippen molar-refractivity contribution in [3.05, 3.63) is 35.4 Å². The summed E-state index contributed by atoms with van der Waals surface area (Å²) in [7, 11) is 0. The molecule has 0 heterocycles. The van der Waals surface area contributed by atoms with E-state index in [1.807, 2.05) is 0 Å². The second-order valence-corrected chi connectivity index (χ2v) is 5.21. The van der Waals surface area contributed by atoms with Gasteiger partial charge in [-0.3, -0.25) is 0 Å². The first kappa shape index (κ1) is 14.4. The lowest BCUT2D eigenvalue weighted by atomic mass is 10.1. The van der Waals surface area contributed by atoms with Crippen LogP contribution in [0.4, 0.5) is 8.78 Å². The third kappa shape index (κ3) is 5.46. The Kier molecular flexibility index (Phi) is 5.86. The smallest absolute Gasteiger partial charge is 0.127 e. The highest BCUT2D eigenvalue weighted by atomic mass is 35.5. The van der Waals surface area contributed by atoms with Gasteiger partial charge in [0.1, 0.15) is 11.6 Å². The molecule has 0 aliphatic rings. The molecule has 0 radical (unpaired) electrons. The third-order valence-electron chi connectivity index (χ3n) is 2.42. The van der Waals surface area contributed by atoms with E-state index in [-0.39, 0.29) is 5.38 Å². The summed E-state index contributed by atoms with van der Waals surface area (Å²) in [5.41, 5.74) is 0.332. The van der Waals surface area contributed by atoms with Crippen LogP contribution in [0.2, 0.25) is 0 Å². The fourth-order valence-corrected chi connectivity index (χ4v) is 2.10. The Labute approximate surface area is 106 Å². The van der Waals surface area contributed by atoms with Crippen LogP contribution in [0.3, 0.4) is 0 Å². The highest BCUT2D eigenvalue weighted by molar-refractivity contribution is 6.20. The molecule has 0 aliphatic heterocycles. The number of benzene rings is 1. The minimum Gasteiger partial charge on any atom is -0.311 e. The van der Waals surface area contributed by atoms with E-state index in [2.05, 4.69) is 19.2 Å².